The highest BCUT2D eigenvalue weighted by Gasteiger charge is 2.30. The second kappa shape index (κ2) is 3.74. The van der Waals surface area contributed by atoms with Gasteiger partial charge in [0.1, 0.15) is 5.01 Å². The third kappa shape index (κ3) is 1.75. The summed E-state index contributed by atoms with van der Waals surface area (Å²) >= 11 is 1.70. The Hall–Kier alpha value is -1.01. The lowest BCUT2D eigenvalue weighted by molar-refractivity contribution is 0.572. The molecule has 1 aliphatic carbocycles. The van der Waals surface area contributed by atoms with Crippen molar-refractivity contribution in [3.05, 3.63) is 10.8 Å². The molecule has 1 N–H and O–H groups in total. The first-order valence-electron chi connectivity index (χ1n) is 6.32. The van der Waals surface area contributed by atoms with Crippen LogP contribution in [-0.2, 0) is 6.42 Å². The monoisotopic (exact) mass is 249 g/mol. The van der Waals surface area contributed by atoms with Crippen LogP contribution >= 0.6 is 11.3 Å². The second-order valence-corrected chi connectivity index (χ2v) is 6.13. The number of aromatic nitrogens is 4. The van der Waals surface area contributed by atoms with E-state index in [1.165, 1.54) is 24.3 Å². The Balaban J connectivity index is 1.62. The van der Waals surface area contributed by atoms with Crippen LogP contribution in [0.1, 0.15) is 36.0 Å². The summed E-state index contributed by atoms with van der Waals surface area (Å²) in [7, 11) is 0. The number of nitrogens with zero attached hydrogens (tertiary/aromatic N) is 4. The molecule has 3 heterocycles. The molecular formula is C11H15N5S. The highest BCUT2D eigenvalue weighted by Crippen LogP contribution is 2.39. The summed E-state index contributed by atoms with van der Waals surface area (Å²) in [6.07, 6.45) is 4.86. The average molecular weight is 249 g/mol. The van der Waals surface area contributed by atoms with Crippen LogP contribution in [0.5, 0.6) is 0 Å². The Bertz CT molecular complexity index is 535. The van der Waals surface area contributed by atoms with Crippen molar-refractivity contribution in [3.8, 4) is 0 Å². The van der Waals surface area contributed by atoms with E-state index in [9.17, 15) is 0 Å². The number of hydrogen-bond acceptors (Lipinski definition) is 5. The van der Waals surface area contributed by atoms with Crippen LogP contribution in [-0.4, -0.2) is 32.9 Å². The largest absolute Gasteiger partial charge is 0.316 e. The van der Waals surface area contributed by atoms with E-state index in [1.54, 1.807) is 11.3 Å². The molecule has 1 aliphatic heterocycles. The highest BCUT2D eigenvalue weighted by atomic mass is 32.1. The molecular weight excluding hydrogens is 234 g/mol. The number of rotatable bonds is 3. The minimum Gasteiger partial charge on any atom is -0.316 e. The van der Waals surface area contributed by atoms with Gasteiger partial charge in [-0.05, 0) is 38.3 Å². The molecule has 2 aliphatic rings. The first-order valence-corrected chi connectivity index (χ1v) is 7.13. The lowest BCUT2D eigenvalue weighted by Gasteiger charge is -2.03. The molecule has 0 radical (unpaired) electrons. The lowest BCUT2D eigenvalue weighted by atomic mass is 10.1. The molecule has 0 bridgehead atoms. The maximum Gasteiger partial charge on any atom is 0.234 e. The van der Waals surface area contributed by atoms with Crippen molar-refractivity contribution in [2.75, 3.05) is 13.1 Å². The fourth-order valence-corrected chi connectivity index (χ4v) is 3.44. The van der Waals surface area contributed by atoms with Gasteiger partial charge in [0.2, 0.25) is 4.96 Å². The van der Waals surface area contributed by atoms with Crippen LogP contribution < -0.4 is 5.32 Å². The molecule has 1 atom stereocenters. The summed E-state index contributed by atoms with van der Waals surface area (Å²) in [5.74, 6) is 2.45. The average Bonchev–Trinajstić information content (AvgIpc) is 2.76. The van der Waals surface area contributed by atoms with Gasteiger partial charge in [-0.2, -0.15) is 9.61 Å². The third-order valence-corrected chi connectivity index (χ3v) is 4.55. The zero-order valence-electron chi connectivity index (χ0n) is 9.59. The molecule has 1 saturated carbocycles. The Morgan fingerprint density at radius 2 is 2.24 bits per heavy atom. The van der Waals surface area contributed by atoms with Gasteiger partial charge in [0.15, 0.2) is 5.82 Å². The van der Waals surface area contributed by atoms with Gasteiger partial charge in [-0.1, -0.05) is 11.3 Å². The van der Waals surface area contributed by atoms with E-state index in [0.717, 1.165) is 36.2 Å². The molecule has 4 rings (SSSR count). The lowest BCUT2D eigenvalue weighted by Crippen LogP contribution is -2.10. The molecule has 17 heavy (non-hydrogen) atoms. The van der Waals surface area contributed by atoms with Crippen molar-refractivity contribution >= 4 is 16.3 Å². The van der Waals surface area contributed by atoms with Crippen LogP contribution in [0.2, 0.25) is 0 Å². The van der Waals surface area contributed by atoms with E-state index in [-0.39, 0.29) is 0 Å². The predicted octanol–water partition coefficient (Wildman–Crippen LogP) is 1.22. The number of nitrogens with one attached hydrogen (secondary N) is 1. The quantitative estimate of drug-likeness (QED) is 0.888. The van der Waals surface area contributed by atoms with E-state index in [1.807, 2.05) is 4.52 Å². The van der Waals surface area contributed by atoms with Crippen molar-refractivity contribution in [3.63, 3.8) is 0 Å². The summed E-state index contributed by atoms with van der Waals surface area (Å²) in [5.41, 5.74) is 0. The van der Waals surface area contributed by atoms with Crippen LogP contribution in [0.25, 0.3) is 4.96 Å². The Kier molecular flexibility index (Phi) is 2.19. The molecule has 0 spiro atoms. The van der Waals surface area contributed by atoms with Crippen LogP contribution in [0.4, 0.5) is 0 Å². The molecule has 1 saturated heterocycles. The van der Waals surface area contributed by atoms with Crippen molar-refractivity contribution in [1.29, 1.82) is 0 Å². The summed E-state index contributed by atoms with van der Waals surface area (Å²) in [4.78, 5) is 0.966. The Morgan fingerprint density at radius 3 is 3.00 bits per heavy atom. The Labute approximate surface area is 103 Å². The van der Waals surface area contributed by atoms with E-state index in [0.29, 0.717) is 5.92 Å². The maximum atomic E-state index is 4.68. The molecule has 2 fully saturated rings. The van der Waals surface area contributed by atoms with Crippen molar-refractivity contribution < 1.29 is 0 Å². The van der Waals surface area contributed by atoms with E-state index in [2.05, 4.69) is 20.6 Å². The predicted molar refractivity (Wildman–Crippen MR) is 65.3 cm³/mol. The number of hydrogen-bond donors (Lipinski definition) is 1. The van der Waals surface area contributed by atoms with E-state index < -0.39 is 0 Å². The van der Waals surface area contributed by atoms with Gasteiger partial charge in [-0.25, -0.2) is 0 Å². The first kappa shape index (κ1) is 9.96. The van der Waals surface area contributed by atoms with Crippen molar-refractivity contribution in [1.82, 2.24) is 25.1 Å². The zero-order valence-corrected chi connectivity index (χ0v) is 10.4. The van der Waals surface area contributed by atoms with Gasteiger partial charge in [0, 0.05) is 12.3 Å². The summed E-state index contributed by atoms with van der Waals surface area (Å²) < 4.78 is 1.97. The minimum atomic E-state index is 0.619. The van der Waals surface area contributed by atoms with Crippen molar-refractivity contribution in [2.24, 2.45) is 5.92 Å². The maximum absolute atomic E-state index is 4.68. The number of fused-ring (bicyclic) bond motifs is 1. The van der Waals surface area contributed by atoms with Gasteiger partial charge in [-0.3, -0.25) is 0 Å². The van der Waals surface area contributed by atoms with E-state index in [4.69, 9.17) is 0 Å². The summed E-state index contributed by atoms with van der Waals surface area (Å²) in [6, 6.07) is 0. The Morgan fingerprint density at radius 1 is 1.29 bits per heavy atom. The molecule has 6 heteroatoms. The molecule has 0 amide bonds. The SMILES string of the molecule is C1CC(Cc2nn3c(C4CC4)nnc3s2)CN1. The topological polar surface area (TPSA) is 55.1 Å². The smallest absolute Gasteiger partial charge is 0.234 e. The zero-order chi connectivity index (χ0) is 11.2. The molecule has 2 aromatic rings. The van der Waals surface area contributed by atoms with Crippen LogP contribution in [0.3, 0.4) is 0 Å². The van der Waals surface area contributed by atoms with Gasteiger partial charge >= 0.3 is 0 Å². The van der Waals surface area contributed by atoms with Gasteiger partial charge in [0.05, 0.1) is 0 Å². The molecule has 90 valence electrons. The molecule has 0 aromatic carbocycles. The van der Waals surface area contributed by atoms with Crippen LogP contribution in [0, 0.1) is 5.92 Å². The van der Waals surface area contributed by atoms with Gasteiger partial charge in [0.25, 0.3) is 0 Å². The summed E-state index contributed by atoms with van der Waals surface area (Å²) in [6.45, 7) is 2.29. The fourth-order valence-electron chi connectivity index (χ4n) is 2.49. The minimum absolute atomic E-state index is 0.619. The van der Waals surface area contributed by atoms with Crippen molar-refractivity contribution in [2.45, 2.75) is 31.6 Å². The molecule has 2 aromatic heterocycles. The fraction of sp³-hybridized carbons (Fsp3) is 0.727. The normalized spacial score (nSPS) is 24.8. The van der Waals surface area contributed by atoms with Gasteiger partial charge in [-0.15, -0.1) is 10.2 Å². The third-order valence-electron chi connectivity index (χ3n) is 3.63. The summed E-state index contributed by atoms with van der Waals surface area (Å²) in [5, 5.41) is 17.8. The molecule has 5 nitrogen and oxygen atoms in total. The first-order chi connectivity index (χ1) is 8.40. The second-order valence-electron chi connectivity index (χ2n) is 5.09. The molecule has 1 unspecified atom stereocenters. The van der Waals surface area contributed by atoms with Gasteiger partial charge < -0.3 is 5.32 Å². The van der Waals surface area contributed by atoms with E-state index >= 15 is 0 Å². The van der Waals surface area contributed by atoms with Crippen LogP contribution in [0.15, 0.2) is 0 Å². The highest BCUT2D eigenvalue weighted by molar-refractivity contribution is 7.16. The standard InChI is InChI=1S/C11H15N5S/c1-2-8(1)10-13-14-11-16(10)15-9(17-11)5-7-3-4-12-6-7/h7-8,12H,1-6H2.